The molecular formula is C12H18N2. The third kappa shape index (κ3) is 2.19. The van der Waals surface area contributed by atoms with Gasteiger partial charge in [-0.05, 0) is 56.4 Å². The van der Waals surface area contributed by atoms with Crippen LogP contribution in [0.3, 0.4) is 0 Å². The van der Waals surface area contributed by atoms with Crippen molar-refractivity contribution in [2.24, 2.45) is 5.92 Å². The monoisotopic (exact) mass is 190 g/mol. The van der Waals surface area contributed by atoms with Crippen molar-refractivity contribution in [2.75, 3.05) is 11.1 Å². The summed E-state index contributed by atoms with van der Waals surface area (Å²) in [4.78, 5) is 0. The predicted octanol–water partition coefficient (Wildman–Crippen LogP) is 2.79. The van der Waals surface area contributed by atoms with Crippen LogP contribution >= 0.6 is 0 Å². The minimum Gasteiger partial charge on any atom is -0.399 e. The first kappa shape index (κ1) is 9.38. The van der Waals surface area contributed by atoms with Gasteiger partial charge in [0.05, 0.1) is 0 Å². The lowest BCUT2D eigenvalue weighted by Crippen LogP contribution is -2.17. The lowest BCUT2D eigenvalue weighted by molar-refractivity contribution is 0.694. The smallest absolute Gasteiger partial charge is 0.0365 e. The maximum Gasteiger partial charge on any atom is 0.0365 e. The fourth-order valence-corrected chi connectivity index (χ4v) is 1.87. The summed E-state index contributed by atoms with van der Waals surface area (Å²) in [5, 5.41) is 3.51. The van der Waals surface area contributed by atoms with Crippen molar-refractivity contribution in [2.45, 2.75) is 32.7 Å². The molecule has 1 aliphatic rings. The van der Waals surface area contributed by atoms with E-state index in [1.165, 1.54) is 18.4 Å². The third-order valence-electron chi connectivity index (χ3n) is 2.82. The Kier molecular flexibility index (Phi) is 2.36. The van der Waals surface area contributed by atoms with Crippen LogP contribution in [0.25, 0.3) is 0 Å². The van der Waals surface area contributed by atoms with E-state index in [9.17, 15) is 0 Å². The first-order chi connectivity index (χ1) is 6.65. The van der Waals surface area contributed by atoms with Gasteiger partial charge in [-0.15, -0.1) is 0 Å². The van der Waals surface area contributed by atoms with E-state index >= 15 is 0 Å². The van der Waals surface area contributed by atoms with E-state index in [4.69, 9.17) is 5.73 Å². The highest BCUT2D eigenvalue weighted by Crippen LogP contribution is 2.34. The molecule has 0 aromatic heterocycles. The molecule has 1 aromatic carbocycles. The number of hydrogen-bond acceptors (Lipinski definition) is 2. The van der Waals surface area contributed by atoms with Gasteiger partial charge < -0.3 is 11.1 Å². The zero-order valence-corrected chi connectivity index (χ0v) is 8.88. The Balaban J connectivity index is 2.07. The van der Waals surface area contributed by atoms with Crippen LogP contribution in [0.2, 0.25) is 0 Å². The highest BCUT2D eigenvalue weighted by molar-refractivity contribution is 5.57. The van der Waals surface area contributed by atoms with Crippen molar-refractivity contribution in [3.8, 4) is 0 Å². The maximum atomic E-state index is 5.79. The number of rotatable bonds is 3. The molecule has 0 aliphatic heterocycles. The number of benzene rings is 1. The van der Waals surface area contributed by atoms with Crippen LogP contribution < -0.4 is 11.1 Å². The van der Waals surface area contributed by atoms with Crippen LogP contribution in [-0.4, -0.2) is 6.04 Å². The zero-order valence-electron chi connectivity index (χ0n) is 8.88. The molecule has 0 spiro atoms. The molecule has 2 nitrogen and oxygen atoms in total. The summed E-state index contributed by atoms with van der Waals surface area (Å²) in [6.07, 6.45) is 2.74. The van der Waals surface area contributed by atoms with Gasteiger partial charge in [0, 0.05) is 17.4 Å². The number of nitrogens with one attached hydrogen (secondary N) is 1. The van der Waals surface area contributed by atoms with E-state index in [0.29, 0.717) is 6.04 Å². The first-order valence-corrected chi connectivity index (χ1v) is 5.29. The van der Waals surface area contributed by atoms with Crippen LogP contribution in [0.1, 0.15) is 25.3 Å². The van der Waals surface area contributed by atoms with Crippen LogP contribution in [0.15, 0.2) is 18.2 Å². The highest BCUT2D eigenvalue weighted by atomic mass is 14.9. The van der Waals surface area contributed by atoms with Crippen LogP contribution in [-0.2, 0) is 0 Å². The van der Waals surface area contributed by atoms with Crippen molar-refractivity contribution >= 4 is 11.4 Å². The molecular weight excluding hydrogens is 172 g/mol. The Bertz CT molecular complexity index is 309. The van der Waals surface area contributed by atoms with Crippen LogP contribution in [0.5, 0.6) is 0 Å². The van der Waals surface area contributed by atoms with E-state index in [1.807, 2.05) is 12.1 Å². The van der Waals surface area contributed by atoms with Crippen LogP contribution in [0, 0.1) is 12.8 Å². The normalized spacial score (nSPS) is 17.9. The van der Waals surface area contributed by atoms with Gasteiger partial charge in [-0.1, -0.05) is 0 Å². The van der Waals surface area contributed by atoms with Crippen molar-refractivity contribution in [3.05, 3.63) is 23.8 Å². The zero-order chi connectivity index (χ0) is 10.1. The molecule has 2 rings (SSSR count). The van der Waals surface area contributed by atoms with Crippen molar-refractivity contribution in [1.82, 2.24) is 0 Å². The fraction of sp³-hybridized carbons (Fsp3) is 0.500. The second-order valence-corrected chi connectivity index (χ2v) is 4.40. The van der Waals surface area contributed by atoms with E-state index in [1.54, 1.807) is 0 Å². The average molecular weight is 190 g/mol. The van der Waals surface area contributed by atoms with Gasteiger partial charge in [-0.25, -0.2) is 0 Å². The first-order valence-electron chi connectivity index (χ1n) is 5.29. The summed E-state index contributed by atoms with van der Waals surface area (Å²) in [6.45, 7) is 4.32. The molecule has 2 heteroatoms. The standard InChI is InChI=1S/C12H18N2/c1-8-5-11(13)7-12(6-8)14-9(2)10-3-4-10/h5-7,9-10,14H,3-4,13H2,1-2H3. The van der Waals surface area contributed by atoms with Gasteiger partial charge in [-0.3, -0.25) is 0 Å². The molecule has 1 atom stereocenters. The van der Waals surface area contributed by atoms with E-state index in [2.05, 4.69) is 25.2 Å². The largest absolute Gasteiger partial charge is 0.399 e. The average Bonchev–Trinajstić information content (AvgIpc) is 2.82. The number of nitrogen functional groups attached to an aromatic ring is 1. The Morgan fingerprint density at radius 1 is 1.36 bits per heavy atom. The lowest BCUT2D eigenvalue weighted by Gasteiger charge is -2.15. The summed E-state index contributed by atoms with van der Waals surface area (Å²) >= 11 is 0. The summed E-state index contributed by atoms with van der Waals surface area (Å²) in [5.41, 5.74) is 9.00. The summed E-state index contributed by atoms with van der Waals surface area (Å²) < 4.78 is 0. The summed E-state index contributed by atoms with van der Waals surface area (Å²) in [5.74, 6) is 0.872. The van der Waals surface area contributed by atoms with Crippen molar-refractivity contribution < 1.29 is 0 Å². The number of aryl methyl sites for hydroxylation is 1. The van der Waals surface area contributed by atoms with E-state index in [0.717, 1.165) is 17.3 Å². The molecule has 0 heterocycles. The molecule has 0 amide bonds. The molecule has 14 heavy (non-hydrogen) atoms. The topological polar surface area (TPSA) is 38.0 Å². The number of anilines is 2. The quantitative estimate of drug-likeness (QED) is 0.719. The molecule has 0 saturated heterocycles. The second-order valence-electron chi connectivity index (χ2n) is 4.40. The van der Waals surface area contributed by atoms with Gasteiger partial charge in [0.25, 0.3) is 0 Å². The van der Waals surface area contributed by atoms with Gasteiger partial charge in [0.2, 0.25) is 0 Å². The SMILES string of the molecule is Cc1cc(N)cc(NC(C)C2CC2)c1. The summed E-state index contributed by atoms with van der Waals surface area (Å²) in [6, 6.07) is 6.73. The lowest BCUT2D eigenvalue weighted by atomic mass is 10.1. The molecule has 1 aromatic rings. The second kappa shape index (κ2) is 3.52. The Morgan fingerprint density at radius 3 is 2.64 bits per heavy atom. The van der Waals surface area contributed by atoms with Gasteiger partial charge in [0.15, 0.2) is 0 Å². The molecule has 0 bridgehead atoms. The Morgan fingerprint density at radius 2 is 2.07 bits per heavy atom. The minimum absolute atomic E-state index is 0.580. The van der Waals surface area contributed by atoms with E-state index in [-0.39, 0.29) is 0 Å². The predicted molar refractivity (Wildman–Crippen MR) is 61.4 cm³/mol. The third-order valence-corrected chi connectivity index (χ3v) is 2.82. The van der Waals surface area contributed by atoms with Gasteiger partial charge in [-0.2, -0.15) is 0 Å². The Hall–Kier alpha value is -1.18. The molecule has 76 valence electrons. The van der Waals surface area contributed by atoms with Gasteiger partial charge in [0.1, 0.15) is 0 Å². The van der Waals surface area contributed by atoms with Crippen molar-refractivity contribution in [1.29, 1.82) is 0 Å². The van der Waals surface area contributed by atoms with Crippen molar-refractivity contribution in [3.63, 3.8) is 0 Å². The van der Waals surface area contributed by atoms with E-state index < -0.39 is 0 Å². The van der Waals surface area contributed by atoms with Gasteiger partial charge >= 0.3 is 0 Å². The number of nitrogens with two attached hydrogens (primary N) is 1. The molecule has 3 N–H and O–H groups in total. The highest BCUT2D eigenvalue weighted by Gasteiger charge is 2.27. The summed E-state index contributed by atoms with van der Waals surface area (Å²) in [7, 11) is 0. The number of hydrogen-bond donors (Lipinski definition) is 2. The van der Waals surface area contributed by atoms with Crippen LogP contribution in [0.4, 0.5) is 11.4 Å². The molecule has 1 unspecified atom stereocenters. The molecule has 0 radical (unpaired) electrons. The molecule has 1 aliphatic carbocycles. The Labute approximate surface area is 85.5 Å². The fourth-order valence-electron chi connectivity index (χ4n) is 1.87. The minimum atomic E-state index is 0.580. The maximum absolute atomic E-state index is 5.79. The molecule has 1 saturated carbocycles. The molecule has 1 fully saturated rings.